The second kappa shape index (κ2) is 3.83. The Morgan fingerprint density at radius 1 is 1.36 bits per heavy atom. The van der Waals surface area contributed by atoms with E-state index < -0.39 is 0 Å². The average Bonchev–Trinajstić information content (AvgIpc) is 2.62. The monoisotopic (exact) mass is 224 g/mol. The Labute approximate surface area is 92.1 Å². The fourth-order valence-corrected chi connectivity index (χ4v) is 3.28. The number of rotatable bonds is 2. The molecule has 2 rings (SSSR count). The van der Waals surface area contributed by atoms with Crippen molar-refractivity contribution < 1.29 is 4.74 Å². The second-order valence-corrected chi connectivity index (χ2v) is 4.80. The molecule has 0 aliphatic rings. The van der Waals surface area contributed by atoms with Crippen LogP contribution in [-0.4, -0.2) is 13.4 Å². The van der Waals surface area contributed by atoms with Crippen molar-refractivity contribution in [1.29, 1.82) is 0 Å². The maximum absolute atomic E-state index is 5.30. The fourth-order valence-electron chi connectivity index (χ4n) is 1.57. The van der Waals surface area contributed by atoms with Gasteiger partial charge in [-0.25, -0.2) is 0 Å². The minimum absolute atomic E-state index is 0.987. The molecule has 2 aromatic rings. The Morgan fingerprint density at radius 2 is 2.14 bits per heavy atom. The molecule has 0 saturated heterocycles. The molecule has 0 aliphatic carbocycles. The van der Waals surface area contributed by atoms with Crippen LogP contribution < -0.4 is 4.74 Å². The predicted octanol–water partition coefficient (Wildman–Crippen LogP) is 3.94. The van der Waals surface area contributed by atoms with E-state index in [4.69, 9.17) is 4.74 Å². The third kappa shape index (κ3) is 1.41. The number of fused-ring (bicyclic) bond motifs is 1. The van der Waals surface area contributed by atoms with Crippen LogP contribution >= 0.6 is 23.1 Å². The first-order chi connectivity index (χ1) is 6.77. The van der Waals surface area contributed by atoms with Gasteiger partial charge in [-0.2, -0.15) is 0 Å². The van der Waals surface area contributed by atoms with Crippen molar-refractivity contribution in [3.05, 3.63) is 23.1 Å². The molecule has 0 bridgehead atoms. The van der Waals surface area contributed by atoms with Crippen molar-refractivity contribution in [3.63, 3.8) is 0 Å². The summed E-state index contributed by atoms with van der Waals surface area (Å²) in [6.45, 7) is 2.17. The molecule has 1 heterocycles. The molecule has 1 aromatic heterocycles. The minimum atomic E-state index is 0.987. The van der Waals surface area contributed by atoms with E-state index in [-0.39, 0.29) is 0 Å². The quantitative estimate of drug-likeness (QED) is 0.715. The number of ether oxygens (including phenoxy) is 1. The molecule has 1 nitrogen and oxygen atoms in total. The first-order valence-corrected chi connectivity index (χ1v) is 6.47. The maximum Gasteiger partial charge on any atom is 0.137 e. The number of benzene rings is 1. The molecule has 0 N–H and O–H groups in total. The summed E-state index contributed by atoms with van der Waals surface area (Å²) in [7, 11) is 1.72. The average molecular weight is 224 g/mol. The number of methoxy groups -OCH3 is 1. The summed E-state index contributed by atoms with van der Waals surface area (Å²) in [4.78, 5) is 1.35. The van der Waals surface area contributed by atoms with Crippen molar-refractivity contribution in [1.82, 2.24) is 0 Å². The molecule has 74 valence electrons. The molecule has 1 aromatic carbocycles. The topological polar surface area (TPSA) is 9.23 Å². The number of thioether (sulfide) groups is 1. The third-order valence-corrected chi connectivity index (χ3v) is 4.32. The molecule has 3 heteroatoms. The highest BCUT2D eigenvalue weighted by molar-refractivity contribution is 7.98. The van der Waals surface area contributed by atoms with Crippen molar-refractivity contribution in [3.8, 4) is 5.75 Å². The molecule has 14 heavy (non-hydrogen) atoms. The number of aryl methyl sites for hydroxylation is 1. The van der Waals surface area contributed by atoms with Crippen molar-refractivity contribution in [2.75, 3.05) is 13.4 Å². The van der Waals surface area contributed by atoms with Crippen LogP contribution in [0.2, 0.25) is 0 Å². The van der Waals surface area contributed by atoms with E-state index in [1.807, 2.05) is 0 Å². The Morgan fingerprint density at radius 3 is 2.79 bits per heavy atom. The van der Waals surface area contributed by atoms with Crippen LogP contribution in [0.5, 0.6) is 5.75 Å². The summed E-state index contributed by atoms with van der Waals surface area (Å²) in [6.07, 6.45) is 2.11. The summed E-state index contributed by atoms with van der Waals surface area (Å²) in [6, 6.07) is 4.31. The van der Waals surface area contributed by atoms with Gasteiger partial charge in [-0.3, -0.25) is 0 Å². The van der Waals surface area contributed by atoms with Crippen LogP contribution in [-0.2, 0) is 0 Å². The summed E-state index contributed by atoms with van der Waals surface area (Å²) in [5, 5.41) is 3.30. The Hall–Kier alpha value is -0.670. The highest BCUT2D eigenvalue weighted by Gasteiger charge is 2.08. The molecule has 0 radical (unpaired) electrons. The lowest BCUT2D eigenvalue weighted by Crippen LogP contribution is -1.81. The third-order valence-electron chi connectivity index (χ3n) is 2.35. The predicted molar refractivity (Wildman–Crippen MR) is 64.9 cm³/mol. The molecule has 0 amide bonds. The smallest absolute Gasteiger partial charge is 0.137 e. The van der Waals surface area contributed by atoms with Gasteiger partial charge in [0.2, 0.25) is 0 Å². The van der Waals surface area contributed by atoms with Crippen LogP contribution in [0.15, 0.2) is 22.4 Å². The zero-order valence-electron chi connectivity index (χ0n) is 8.46. The number of hydrogen-bond acceptors (Lipinski definition) is 3. The molecule has 0 unspecified atom stereocenters. The number of thiophene rings is 1. The van der Waals surface area contributed by atoms with Crippen molar-refractivity contribution in [2.45, 2.75) is 11.8 Å². The van der Waals surface area contributed by atoms with E-state index in [0.29, 0.717) is 0 Å². The standard InChI is InChI=1S/C11H12OS2/c1-7-10(13-3)5-4-8-9(12-2)6-14-11(7)8/h4-6H,1-3H3. The lowest BCUT2D eigenvalue weighted by molar-refractivity contribution is 0.421. The van der Waals surface area contributed by atoms with Gasteiger partial charge in [-0.05, 0) is 30.9 Å². The van der Waals surface area contributed by atoms with Crippen molar-refractivity contribution >= 4 is 33.2 Å². The van der Waals surface area contributed by atoms with Crippen LogP contribution in [0.4, 0.5) is 0 Å². The lowest BCUT2D eigenvalue weighted by Gasteiger charge is -2.03. The highest BCUT2D eigenvalue weighted by atomic mass is 32.2. The Bertz CT molecular complexity index is 460. The van der Waals surface area contributed by atoms with Gasteiger partial charge in [0.05, 0.1) is 7.11 Å². The van der Waals surface area contributed by atoms with Gasteiger partial charge in [0, 0.05) is 20.4 Å². The molecular formula is C11H12OS2. The van der Waals surface area contributed by atoms with Gasteiger partial charge >= 0.3 is 0 Å². The zero-order chi connectivity index (χ0) is 10.1. The normalized spacial score (nSPS) is 10.8. The maximum atomic E-state index is 5.30. The van der Waals surface area contributed by atoms with E-state index >= 15 is 0 Å². The highest BCUT2D eigenvalue weighted by Crippen LogP contribution is 2.37. The van der Waals surface area contributed by atoms with Gasteiger partial charge in [0.1, 0.15) is 5.75 Å². The minimum Gasteiger partial charge on any atom is -0.495 e. The summed E-state index contributed by atoms with van der Waals surface area (Å²) in [5.41, 5.74) is 1.36. The van der Waals surface area contributed by atoms with Crippen LogP contribution in [0.3, 0.4) is 0 Å². The van der Waals surface area contributed by atoms with Crippen LogP contribution in [0, 0.1) is 6.92 Å². The van der Waals surface area contributed by atoms with E-state index in [9.17, 15) is 0 Å². The van der Waals surface area contributed by atoms with Gasteiger partial charge in [-0.15, -0.1) is 23.1 Å². The molecular weight excluding hydrogens is 212 g/mol. The molecule has 0 atom stereocenters. The van der Waals surface area contributed by atoms with E-state index in [1.54, 1.807) is 30.2 Å². The summed E-state index contributed by atoms with van der Waals surface area (Å²) < 4.78 is 6.64. The van der Waals surface area contributed by atoms with E-state index in [1.165, 1.54) is 20.5 Å². The molecule has 0 saturated carbocycles. The van der Waals surface area contributed by atoms with E-state index in [0.717, 1.165) is 5.75 Å². The summed E-state index contributed by atoms with van der Waals surface area (Å²) in [5.74, 6) is 0.987. The Balaban J connectivity index is 2.72. The number of hydrogen-bond donors (Lipinski definition) is 0. The SMILES string of the molecule is COc1csc2c(C)c(SC)ccc12. The van der Waals surface area contributed by atoms with Gasteiger partial charge in [0.25, 0.3) is 0 Å². The lowest BCUT2D eigenvalue weighted by atomic mass is 10.2. The van der Waals surface area contributed by atoms with Crippen molar-refractivity contribution in [2.24, 2.45) is 0 Å². The molecule has 0 spiro atoms. The molecule has 0 aliphatic heterocycles. The largest absolute Gasteiger partial charge is 0.495 e. The van der Waals surface area contributed by atoms with Crippen LogP contribution in [0.25, 0.3) is 10.1 Å². The first-order valence-electron chi connectivity index (χ1n) is 4.36. The van der Waals surface area contributed by atoms with Gasteiger partial charge < -0.3 is 4.74 Å². The van der Waals surface area contributed by atoms with Gasteiger partial charge in [0.15, 0.2) is 0 Å². The van der Waals surface area contributed by atoms with Crippen LogP contribution in [0.1, 0.15) is 5.56 Å². The zero-order valence-corrected chi connectivity index (χ0v) is 10.1. The fraction of sp³-hybridized carbons (Fsp3) is 0.273. The summed E-state index contributed by atoms with van der Waals surface area (Å²) >= 11 is 3.55. The molecule has 0 fully saturated rings. The first kappa shape index (κ1) is 9.87. The van der Waals surface area contributed by atoms with E-state index in [2.05, 4.69) is 30.7 Å². The Kier molecular flexibility index (Phi) is 2.70. The van der Waals surface area contributed by atoms with Gasteiger partial charge in [-0.1, -0.05) is 0 Å². The second-order valence-electron chi connectivity index (χ2n) is 3.07.